The molecule has 96 valence electrons. The number of methoxy groups -OCH3 is 1. The average Bonchev–Trinajstić information content (AvgIpc) is 2.89. The predicted octanol–water partition coefficient (Wildman–Crippen LogP) is 1.60. The Bertz CT molecular complexity index is 359. The number of imidazole rings is 1. The molecule has 0 aliphatic carbocycles. The number of hydrogen-bond acceptors (Lipinski definition) is 4. The molecule has 0 amide bonds. The molecule has 17 heavy (non-hydrogen) atoms. The molecule has 2 rings (SSSR count). The van der Waals surface area contributed by atoms with Crippen LogP contribution in [0.5, 0.6) is 0 Å². The van der Waals surface area contributed by atoms with Gasteiger partial charge in [-0.2, -0.15) is 0 Å². The van der Waals surface area contributed by atoms with Crippen molar-refractivity contribution in [2.75, 3.05) is 32.2 Å². The van der Waals surface area contributed by atoms with Crippen LogP contribution in [0.2, 0.25) is 0 Å². The van der Waals surface area contributed by atoms with Gasteiger partial charge in [-0.25, -0.2) is 4.98 Å². The van der Waals surface area contributed by atoms with Gasteiger partial charge in [0.15, 0.2) is 0 Å². The fourth-order valence-corrected chi connectivity index (χ4v) is 2.11. The van der Waals surface area contributed by atoms with Gasteiger partial charge in [0, 0.05) is 19.9 Å². The van der Waals surface area contributed by atoms with Gasteiger partial charge in [-0.1, -0.05) is 0 Å². The lowest BCUT2D eigenvalue weighted by Gasteiger charge is -2.18. The number of nitrogens with zero attached hydrogens (tertiary/aromatic N) is 2. The lowest BCUT2D eigenvalue weighted by Crippen LogP contribution is -2.23. The molecular weight excluding hydrogens is 218 g/mol. The minimum absolute atomic E-state index is 0.283. The summed E-state index contributed by atoms with van der Waals surface area (Å²) in [6, 6.07) is 0.663. The lowest BCUT2D eigenvalue weighted by atomic mass is 10.3. The summed E-state index contributed by atoms with van der Waals surface area (Å²) in [7, 11) is 1.72. The fourth-order valence-electron chi connectivity index (χ4n) is 2.11. The maximum absolute atomic E-state index is 5.36. The molecule has 0 saturated carbocycles. The summed E-state index contributed by atoms with van der Waals surface area (Å²) in [5.41, 5.74) is 1.02. The van der Waals surface area contributed by atoms with E-state index in [0.717, 1.165) is 31.3 Å². The van der Waals surface area contributed by atoms with E-state index in [1.54, 1.807) is 7.11 Å². The molecule has 1 aliphatic heterocycles. The van der Waals surface area contributed by atoms with E-state index in [1.165, 1.54) is 0 Å². The van der Waals surface area contributed by atoms with Crippen molar-refractivity contribution in [2.45, 2.75) is 32.4 Å². The number of aromatic nitrogens is 2. The fraction of sp³-hybridized carbons (Fsp3) is 0.750. The zero-order valence-corrected chi connectivity index (χ0v) is 10.8. The summed E-state index contributed by atoms with van der Waals surface area (Å²) >= 11 is 0. The molecule has 0 aromatic carbocycles. The van der Waals surface area contributed by atoms with Crippen LogP contribution in [0.3, 0.4) is 0 Å². The van der Waals surface area contributed by atoms with Crippen molar-refractivity contribution >= 4 is 5.95 Å². The Balaban J connectivity index is 2.08. The van der Waals surface area contributed by atoms with Gasteiger partial charge in [0.2, 0.25) is 5.95 Å². The zero-order chi connectivity index (χ0) is 12.3. The van der Waals surface area contributed by atoms with E-state index in [1.807, 2.05) is 6.92 Å². The zero-order valence-electron chi connectivity index (χ0n) is 10.8. The first-order valence-corrected chi connectivity index (χ1v) is 6.09. The SMILES string of the molecule is COCC(C)n1cc(C)nc1NC1CCOC1. The molecule has 1 fully saturated rings. The summed E-state index contributed by atoms with van der Waals surface area (Å²) in [6.45, 7) is 6.43. The summed E-state index contributed by atoms with van der Waals surface area (Å²) in [5.74, 6) is 0.919. The second-order valence-corrected chi connectivity index (χ2v) is 4.62. The third kappa shape index (κ3) is 2.98. The number of rotatable bonds is 5. The highest BCUT2D eigenvalue weighted by atomic mass is 16.5. The molecule has 0 radical (unpaired) electrons. The Morgan fingerprint density at radius 2 is 2.53 bits per heavy atom. The first kappa shape index (κ1) is 12.4. The van der Waals surface area contributed by atoms with Gasteiger partial charge in [0.25, 0.3) is 0 Å². The van der Waals surface area contributed by atoms with Crippen LogP contribution in [0.4, 0.5) is 5.95 Å². The standard InChI is InChI=1S/C12H21N3O2/c1-9-6-15(10(2)7-16-3)12(13-9)14-11-4-5-17-8-11/h6,10-11H,4-5,7-8H2,1-3H3,(H,13,14). The Morgan fingerprint density at radius 3 is 3.18 bits per heavy atom. The van der Waals surface area contributed by atoms with Crippen LogP contribution in [0.1, 0.15) is 25.1 Å². The number of nitrogens with one attached hydrogen (secondary N) is 1. The Kier molecular flexibility index (Phi) is 4.02. The summed E-state index contributed by atoms with van der Waals surface area (Å²) in [4.78, 5) is 4.52. The molecule has 1 N–H and O–H groups in total. The second-order valence-electron chi connectivity index (χ2n) is 4.62. The van der Waals surface area contributed by atoms with Gasteiger partial charge in [0.1, 0.15) is 0 Å². The molecule has 5 nitrogen and oxygen atoms in total. The third-order valence-electron chi connectivity index (χ3n) is 3.00. The smallest absolute Gasteiger partial charge is 0.203 e. The minimum Gasteiger partial charge on any atom is -0.383 e. The van der Waals surface area contributed by atoms with Crippen molar-refractivity contribution < 1.29 is 9.47 Å². The summed E-state index contributed by atoms with van der Waals surface area (Å²) < 4.78 is 12.7. The van der Waals surface area contributed by atoms with E-state index in [-0.39, 0.29) is 6.04 Å². The first-order chi connectivity index (χ1) is 8.20. The maximum atomic E-state index is 5.36. The van der Waals surface area contributed by atoms with Crippen molar-refractivity contribution in [1.29, 1.82) is 0 Å². The van der Waals surface area contributed by atoms with Crippen molar-refractivity contribution in [3.8, 4) is 0 Å². The van der Waals surface area contributed by atoms with Crippen LogP contribution in [-0.2, 0) is 9.47 Å². The predicted molar refractivity (Wildman–Crippen MR) is 66.4 cm³/mol. The van der Waals surface area contributed by atoms with Crippen molar-refractivity contribution in [1.82, 2.24) is 9.55 Å². The molecule has 5 heteroatoms. The molecule has 1 aromatic heterocycles. The van der Waals surface area contributed by atoms with Crippen LogP contribution in [0, 0.1) is 6.92 Å². The first-order valence-electron chi connectivity index (χ1n) is 6.09. The molecule has 0 bridgehead atoms. The summed E-state index contributed by atoms with van der Waals surface area (Å²) in [5, 5.41) is 3.44. The molecule has 2 atom stereocenters. The Hall–Kier alpha value is -1.07. The van der Waals surface area contributed by atoms with Gasteiger partial charge in [-0.3, -0.25) is 0 Å². The lowest BCUT2D eigenvalue weighted by molar-refractivity contribution is 0.163. The Labute approximate surface area is 102 Å². The molecule has 1 saturated heterocycles. The van der Waals surface area contributed by atoms with Gasteiger partial charge >= 0.3 is 0 Å². The molecule has 1 aliphatic rings. The quantitative estimate of drug-likeness (QED) is 0.848. The highest BCUT2D eigenvalue weighted by Crippen LogP contribution is 2.18. The van der Waals surface area contributed by atoms with Gasteiger partial charge in [-0.15, -0.1) is 0 Å². The monoisotopic (exact) mass is 239 g/mol. The molecular formula is C12H21N3O2. The van der Waals surface area contributed by atoms with Crippen LogP contribution in [0.15, 0.2) is 6.20 Å². The minimum atomic E-state index is 0.283. The van der Waals surface area contributed by atoms with E-state index in [0.29, 0.717) is 12.6 Å². The number of anilines is 1. The molecule has 2 unspecified atom stereocenters. The van der Waals surface area contributed by atoms with Crippen LogP contribution < -0.4 is 5.32 Å². The number of aryl methyl sites for hydroxylation is 1. The second kappa shape index (κ2) is 5.51. The topological polar surface area (TPSA) is 48.3 Å². The van der Waals surface area contributed by atoms with E-state index >= 15 is 0 Å². The van der Waals surface area contributed by atoms with Gasteiger partial charge in [-0.05, 0) is 20.3 Å². The number of hydrogen-bond donors (Lipinski definition) is 1. The third-order valence-corrected chi connectivity index (χ3v) is 3.00. The maximum Gasteiger partial charge on any atom is 0.203 e. The van der Waals surface area contributed by atoms with Crippen molar-refractivity contribution in [2.24, 2.45) is 0 Å². The van der Waals surface area contributed by atoms with Crippen LogP contribution >= 0.6 is 0 Å². The average molecular weight is 239 g/mol. The number of ether oxygens (including phenoxy) is 2. The normalized spacial score (nSPS) is 21.7. The van der Waals surface area contributed by atoms with E-state index in [9.17, 15) is 0 Å². The summed E-state index contributed by atoms with van der Waals surface area (Å²) in [6.07, 6.45) is 3.10. The van der Waals surface area contributed by atoms with E-state index in [2.05, 4.69) is 28.0 Å². The van der Waals surface area contributed by atoms with E-state index < -0.39 is 0 Å². The van der Waals surface area contributed by atoms with Crippen LogP contribution in [-0.4, -0.2) is 42.5 Å². The molecule has 1 aromatic rings. The highest BCUT2D eigenvalue weighted by molar-refractivity contribution is 5.31. The van der Waals surface area contributed by atoms with Crippen LogP contribution in [0.25, 0.3) is 0 Å². The molecule has 0 spiro atoms. The van der Waals surface area contributed by atoms with E-state index in [4.69, 9.17) is 9.47 Å². The largest absolute Gasteiger partial charge is 0.383 e. The Morgan fingerprint density at radius 1 is 1.71 bits per heavy atom. The van der Waals surface area contributed by atoms with Crippen molar-refractivity contribution in [3.63, 3.8) is 0 Å². The van der Waals surface area contributed by atoms with Gasteiger partial charge in [0.05, 0.1) is 31.0 Å². The highest BCUT2D eigenvalue weighted by Gasteiger charge is 2.19. The van der Waals surface area contributed by atoms with Gasteiger partial charge < -0.3 is 19.4 Å². The van der Waals surface area contributed by atoms with Crippen molar-refractivity contribution in [3.05, 3.63) is 11.9 Å². The molecule has 2 heterocycles.